The standard InChI is InChI=1S/2C43H69N3O14.C6H12O.H/c1-33(34(2)47)13-9-10-22-44-40(50)31-59-30-28-57-26-23-45-41(51)32-58-29-27-56-24-12-14-36(48)18-21-38(43(54)55)46-39(49)15-8-6-4-3-5-7-11-25-60-37-19-16-35(17-20-37)42(52)53;1-33(34(2)47)13-9-10-22-44-41(51)32-59-30-27-56-24-12-14-36(48)31-58-29-28-57-26-23-45-39(49)21-20-38(43(54)55)46-40(50)15-8-6-4-3-5-7-11-25-60-37-18-16-35(17-19-37)42(52)53;1-5(7)6(2,3)4;/h16-17,19-20,33,38H,3-15,18,21-32H2,1-2H3,(H,44,50)(H,45,51)(H,46,49)(H,52,53)(H,54,55);16-19,33,38H,3-15,20-32H2,1-2H3,(H,44,51)(H,45,49)(H,46,50)(H,52,53)(H,54,55);1-4H3;/q;;;-1/t2*33-,38-;;/m00../s1. The monoisotopic (exact) mass is 1800 g/mol. The van der Waals surface area contributed by atoms with Gasteiger partial charge in [-0.3, -0.25) is 52.7 Å². The number of unbranched alkanes of at least 4 members (excludes halogenated alkanes) is 14. The third-order valence-corrected chi connectivity index (χ3v) is 19.8. The highest BCUT2D eigenvalue weighted by molar-refractivity contribution is 5.89. The van der Waals surface area contributed by atoms with E-state index in [1.165, 1.54) is 24.3 Å². The molecule has 10 N–H and O–H groups in total. The number of carboxylic acid groups (broad SMARTS) is 4. The molecule has 0 unspecified atom stereocenters. The van der Waals surface area contributed by atoms with Crippen molar-refractivity contribution >= 4 is 88.2 Å². The minimum Gasteiger partial charge on any atom is -1.00 e. The number of nitrogens with one attached hydrogen (secondary N) is 6. The average molecular weight is 1810 g/mol. The third kappa shape index (κ3) is 73.4. The van der Waals surface area contributed by atoms with Gasteiger partial charge in [-0.1, -0.05) is 112 Å². The van der Waals surface area contributed by atoms with E-state index in [1.54, 1.807) is 45.0 Å². The van der Waals surface area contributed by atoms with Gasteiger partial charge in [-0.15, -0.1) is 0 Å². The Morgan fingerprint density at radius 2 is 0.622 bits per heavy atom. The van der Waals surface area contributed by atoms with E-state index in [0.717, 1.165) is 116 Å². The van der Waals surface area contributed by atoms with Crippen LogP contribution in [0.1, 0.15) is 270 Å². The van der Waals surface area contributed by atoms with Crippen molar-refractivity contribution in [2.24, 2.45) is 17.3 Å². The van der Waals surface area contributed by atoms with E-state index in [2.05, 4.69) is 31.9 Å². The number of aromatic carboxylic acids is 2. The van der Waals surface area contributed by atoms with Crippen molar-refractivity contribution in [1.82, 2.24) is 31.9 Å². The van der Waals surface area contributed by atoms with Crippen molar-refractivity contribution in [3.63, 3.8) is 0 Å². The first-order valence-corrected chi connectivity index (χ1v) is 44.9. The van der Waals surface area contributed by atoms with Gasteiger partial charge in [0, 0.05) is 95.2 Å². The molecule has 0 aliphatic rings. The summed E-state index contributed by atoms with van der Waals surface area (Å²) in [6, 6.07) is 10.3. The highest BCUT2D eigenvalue weighted by Crippen LogP contribution is 2.18. The number of amides is 6. The summed E-state index contributed by atoms with van der Waals surface area (Å²) in [6.45, 7) is 19.8. The molecular formula is C92H151N6O29-. The molecule has 35 heteroatoms. The second-order valence-corrected chi connectivity index (χ2v) is 32.0. The van der Waals surface area contributed by atoms with Gasteiger partial charge in [-0.05, 0) is 146 Å². The fourth-order valence-corrected chi connectivity index (χ4v) is 11.2. The van der Waals surface area contributed by atoms with Crippen molar-refractivity contribution in [2.45, 2.75) is 260 Å². The topological polar surface area (TPSA) is 501 Å². The van der Waals surface area contributed by atoms with Gasteiger partial charge in [0.2, 0.25) is 35.4 Å². The zero-order valence-corrected chi connectivity index (χ0v) is 76.7. The second-order valence-electron chi connectivity index (χ2n) is 32.0. The molecule has 2 aromatic carbocycles. The molecule has 0 bridgehead atoms. The lowest BCUT2D eigenvalue weighted by Crippen LogP contribution is -2.41. The van der Waals surface area contributed by atoms with E-state index >= 15 is 0 Å². The Balaban J connectivity index is 0. The van der Waals surface area contributed by atoms with Crippen LogP contribution in [0.25, 0.3) is 0 Å². The molecule has 0 fully saturated rings. The molecule has 0 saturated heterocycles. The third-order valence-electron chi connectivity index (χ3n) is 19.8. The number of carboxylic acids is 4. The van der Waals surface area contributed by atoms with Crippen LogP contribution in [0.4, 0.5) is 0 Å². The molecule has 0 aliphatic carbocycles. The van der Waals surface area contributed by atoms with Gasteiger partial charge in [0.25, 0.3) is 0 Å². The maximum atomic E-state index is 12.3. The van der Waals surface area contributed by atoms with E-state index in [-0.39, 0.29) is 238 Å². The number of benzene rings is 2. The first-order valence-electron chi connectivity index (χ1n) is 44.9. The largest absolute Gasteiger partial charge is 1.00 e. The molecule has 2 rings (SSSR count). The number of ketones is 5. The van der Waals surface area contributed by atoms with Gasteiger partial charge in [0.1, 0.15) is 73.1 Å². The van der Waals surface area contributed by atoms with Crippen LogP contribution in [-0.4, -0.2) is 266 Å². The van der Waals surface area contributed by atoms with Crippen molar-refractivity contribution in [3.8, 4) is 11.5 Å². The molecule has 127 heavy (non-hydrogen) atoms. The van der Waals surface area contributed by atoms with Gasteiger partial charge >= 0.3 is 23.9 Å². The Bertz CT molecular complexity index is 3210. The molecule has 4 atom stereocenters. The summed E-state index contributed by atoms with van der Waals surface area (Å²) in [7, 11) is 0. The number of carbonyl (C=O) groups is 15. The zero-order chi connectivity index (χ0) is 94.5. The van der Waals surface area contributed by atoms with Crippen LogP contribution in [0.2, 0.25) is 0 Å². The number of Topliss-reactive ketones (excluding diaryl/α,β-unsaturated/α-hetero) is 5. The number of ether oxygens (including phenoxy) is 10. The molecule has 0 saturated carbocycles. The van der Waals surface area contributed by atoms with Crippen LogP contribution in [0.15, 0.2) is 48.5 Å². The van der Waals surface area contributed by atoms with E-state index in [9.17, 15) is 82.1 Å². The summed E-state index contributed by atoms with van der Waals surface area (Å²) in [6.07, 6.45) is 19.6. The minimum atomic E-state index is -1.20. The van der Waals surface area contributed by atoms with Gasteiger partial charge in [-0.2, -0.15) is 0 Å². The SMILES string of the molecule is CC(=O)C(C)(C)C.CC(=O)[C@@H](C)CCCCNC(=O)COCCOCCCC(=O)COCCOCCNC(=O)CC[C@H](NC(=O)CCCCCCCCCOc1ccc(C(=O)O)cc1)C(=O)O.CC(=O)[C@@H](C)CCCCNC(=O)COCCOCCNC(=O)COCCOCCCC(=O)CC[C@H](NC(=O)CCCCCCCCCOc1ccc(C(=O)O)cc1)C(=O)O.[H-]. The van der Waals surface area contributed by atoms with Gasteiger partial charge in [-0.25, -0.2) is 19.2 Å². The quantitative estimate of drug-likeness (QED) is 0.0275. The summed E-state index contributed by atoms with van der Waals surface area (Å²) in [5.74, 6) is -4.33. The van der Waals surface area contributed by atoms with Crippen molar-refractivity contribution in [3.05, 3.63) is 59.7 Å². The highest BCUT2D eigenvalue weighted by atomic mass is 16.5. The van der Waals surface area contributed by atoms with Gasteiger partial charge in [0.15, 0.2) is 5.78 Å². The molecule has 0 spiro atoms. The van der Waals surface area contributed by atoms with E-state index in [0.29, 0.717) is 89.7 Å². The Morgan fingerprint density at radius 3 is 0.976 bits per heavy atom. The first-order chi connectivity index (χ1) is 60.7. The molecule has 0 aliphatic heterocycles. The molecule has 724 valence electrons. The number of hydrogen-bond acceptors (Lipinski definition) is 25. The maximum absolute atomic E-state index is 12.3. The maximum Gasteiger partial charge on any atom is 0.335 e. The van der Waals surface area contributed by atoms with Crippen molar-refractivity contribution < 1.29 is 141 Å². The lowest BCUT2D eigenvalue weighted by molar-refractivity contribution is -0.142. The second kappa shape index (κ2) is 77.9. The fraction of sp³-hybridized carbons (Fsp3) is 0.707. The van der Waals surface area contributed by atoms with Crippen LogP contribution in [-0.2, 0) is 100 Å². The molecule has 2 aromatic rings. The summed E-state index contributed by atoms with van der Waals surface area (Å²) in [5.41, 5.74) is 0.294. The molecule has 6 amide bonds. The fourth-order valence-electron chi connectivity index (χ4n) is 11.2. The summed E-state index contributed by atoms with van der Waals surface area (Å²) < 4.78 is 54.1. The average Bonchev–Trinajstić information content (AvgIpc) is 0.904. The Hall–Kier alpha value is -9.23. The Morgan fingerprint density at radius 1 is 0.307 bits per heavy atom. The van der Waals surface area contributed by atoms with Gasteiger partial charge < -0.3 is 101 Å². The number of aliphatic carboxylic acids is 2. The summed E-state index contributed by atoms with van der Waals surface area (Å²) in [4.78, 5) is 175. The van der Waals surface area contributed by atoms with E-state index < -0.39 is 36.0 Å². The van der Waals surface area contributed by atoms with Crippen LogP contribution in [0.5, 0.6) is 11.5 Å². The first kappa shape index (κ1) is 118. The molecule has 0 aromatic heterocycles. The van der Waals surface area contributed by atoms with Gasteiger partial charge in [0.05, 0.1) is 90.4 Å². The van der Waals surface area contributed by atoms with E-state index in [1.807, 2.05) is 34.6 Å². The van der Waals surface area contributed by atoms with Crippen molar-refractivity contribution in [2.75, 3.05) is 145 Å². The summed E-state index contributed by atoms with van der Waals surface area (Å²) >= 11 is 0. The molecular weight excluding hydrogens is 1650 g/mol. The Kier molecular flexibility index (Phi) is 72.2. The van der Waals surface area contributed by atoms with Crippen LogP contribution in [0.3, 0.4) is 0 Å². The molecule has 0 radical (unpaired) electrons. The normalized spacial score (nSPS) is 11.9. The summed E-state index contributed by atoms with van der Waals surface area (Å²) in [5, 5.41) is 52.8. The Labute approximate surface area is 751 Å². The molecule has 35 nitrogen and oxygen atoms in total. The van der Waals surface area contributed by atoms with Crippen LogP contribution in [0, 0.1) is 17.3 Å². The lowest BCUT2D eigenvalue weighted by atomic mass is 9.92. The predicted molar refractivity (Wildman–Crippen MR) is 475 cm³/mol. The highest BCUT2D eigenvalue weighted by Gasteiger charge is 2.23. The minimum absolute atomic E-state index is 0. The predicted octanol–water partition coefficient (Wildman–Crippen LogP) is 10.3. The number of hydrogen-bond donors (Lipinski definition) is 10. The van der Waals surface area contributed by atoms with E-state index in [4.69, 9.17) is 57.6 Å². The van der Waals surface area contributed by atoms with Crippen LogP contribution < -0.4 is 41.4 Å². The lowest BCUT2D eigenvalue weighted by Gasteiger charge is -2.14. The zero-order valence-electron chi connectivity index (χ0n) is 77.7. The smallest absolute Gasteiger partial charge is 0.335 e. The molecule has 0 heterocycles. The van der Waals surface area contributed by atoms with Crippen LogP contribution >= 0.6 is 0 Å². The van der Waals surface area contributed by atoms with Crippen molar-refractivity contribution in [1.29, 1.82) is 0 Å². The number of rotatable bonds is 80. The number of carbonyl (C=O) groups excluding carboxylic acids is 11.